The number of unbranched alkanes of at least 4 members (excludes halogenated alkanes) is 3. The van der Waals surface area contributed by atoms with Gasteiger partial charge in [-0.05, 0) is 75.1 Å². The Kier molecular flexibility index (Phi) is 7.63. The number of rotatable bonds is 12. The summed E-state index contributed by atoms with van der Waals surface area (Å²) >= 11 is 0. The molecule has 0 N–H and O–H groups in total. The Morgan fingerprint density at radius 1 is 1.21 bits per heavy atom. The van der Waals surface area contributed by atoms with E-state index in [4.69, 9.17) is 13.9 Å². The summed E-state index contributed by atoms with van der Waals surface area (Å²) in [4.78, 5) is 13.3. The summed E-state index contributed by atoms with van der Waals surface area (Å²) in [5, 5.41) is 0. The SMILES string of the molecule is C=C[C@]12CC=C(O[Si](CC)(CC)CC)[C@@H]3[C@@H]4CCO[C@@]3(OC1=O)C2=C[C@H]4CCCCC/C=C/C. The second-order valence-corrected chi connectivity index (χ2v) is 15.3. The monoisotopic (exact) mass is 484 g/mol. The van der Waals surface area contributed by atoms with E-state index in [1.54, 1.807) is 0 Å². The lowest BCUT2D eigenvalue weighted by Gasteiger charge is -2.51. The van der Waals surface area contributed by atoms with Crippen molar-refractivity contribution in [2.24, 2.45) is 23.2 Å². The van der Waals surface area contributed by atoms with Crippen molar-refractivity contribution in [1.29, 1.82) is 0 Å². The first-order valence-corrected chi connectivity index (χ1v) is 16.2. The van der Waals surface area contributed by atoms with E-state index in [1.807, 2.05) is 6.08 Å². The quantitative estimate of drug-likeness (QED) is 0.125. The minimum atomic E-state index is -1.90. The predicted octanol–water partition coefficient (Wildman–Crippen LogP) is 7.46. The molecule has 0 amide bonds. The largest absolute Gasteiger partial charge is 0.546 e. The molecule has 188 valence electrons. The first kappa shape index (κ1) is 25.5. The maximum atomic E-state index is 13.3. The van der Waals surface area contributed by atoms with Crippen molar-refractivity contribution in [2.75, 3.05) is 6.61 Å². The number of esters is 1. The fraction of sp³-hybridized carbons (Fsp3) is 0.690. The molecule has 34 heavy (non-hydrogen) atoms. The lowest BCUT2D eigenvalue weighted by molar-refractivity contribution is -0.253. The highest BCUT2D eigenvalue weighted by Crippen LogP contribution is 2.64. The van der Waals surface area contributed by atoms with Gasteiger partial charge >= 0.3 is 5.97 Å². The zero-order valence-corrected chi connectivity index (χ0v) is 22.7. The molecule has 2 aliphatic heterocycles. The molecule has 0 saturated carbocycles. The topological polar surface area (TPSA) is 44.8 Å². The van der Waals surface area contributed by atoms with E-state index in [-0.39, 0.29) is 11.9 Å². The number of carbonyl (C=O) groups is 1. The smallest absolute Gasteiger partial charge is 0.323 e. The Labute approximate surface area is 207 Å². The number of allylic oxidation sites excluding steroid dienone is 4. The van der Waals surface area contributed by atoms with Gasteiger partial charge in [0.15, 0.2) is 0 Å². The number of hydrogen-bond acceptors (Lipinski definition) is 4. The zero-order chi connectivity index (χ0) is 24.4. The Hall–Kier alpha value is -1.59. The van der Waals surface area contributed by atoms with E-state index < -0.39 is 19.5 Å². The van der Waals surface area contributed by atoms with E-state index in [2.05, 4.69) is 58.6 Å². The number of carbonyl (C=O) groups excluding carboxylic acids is 1. The van der Waals surface area contributed by atoms with Crippen LogP contribution in [0, 0.1) is 23.2 Å². The van der Waals surface area contributed by atoms with Gasteiger partial charge in [-0.15, -0.1) is 6.58 Å². The van der Waals surface area contributed by atoms with Crippen molar-refractivity contribution in [3.63, 3.8) is 0 Å². The molecule has 0 aromatic rings. The standard InChI is InChI=1S/C29H44O4Si/c1-6-11-12-13-14-15-16-22-21-25-28(7-2)19-17-24(33-34(8-3,9-4)10-5)26-23(22)18-20-31-29(25,26)32-27(28)30/h6-7,11,17,21-23,26H,2,8-10,12-16,18-20H2,1,3-5H3/b11-6+/t22-,23-,26+,28-,29-/m1/s1. The van der Waals surface area contributed by atoms with Crippen molar-refractivity contribution in [3.05, 3.63) is 48.3 Å². The van der Waals surface area contributed by atoms with E-state index >= 15 is 0 Å². The Balaban J connectivity index is 1.71. The molecule has 0 unspecified atom stereocenters. The van der Waals surface area contributed by atoms with Crippen LogP contribution in [-0.4, -0.2) is 26.7 Å². The van der Waals surface area contributed by atoms with E-state index in [1.165, 1.54) is 19.3 Å². The maximum absolute atomic E-state index is 13.3. The van der Waals surface area contributed by atoms with Gasteiger partial charge in [0.25, 0.3) is 0 Å². The van der Waals surface area contributed by atoms with Crippen molar-refractivity contribution in [3.8, 4) is 0 Å². The van der Waals surface area contributed by atoms with E-state index in [0.717, 1.165) is 48.7 Å². The van der Waals surface area contributed by atoms with Crippen LogP contribution in [0.3, 0.4) is 0 Å². The molecule has 2 heterocycles. The Bertz CT molecular complexity index is 861. The van der Waals surface area contributed by atoms with Crippen molar-refractivity contribution >= 4 is 14.3 Å². The van der Waals surface area contributed by atoms with Crippen LogP contribution in [0.2, 0.25) is 18.1 Å². The van der Waals surface area contributed by atoms with Crippen LogP contribution in [0.25, 0.3) is 0 Å². The molecular weight excluding hydrogens is 440 g/mol. The minimum absolute atomic E-state index is 0.0425. The summed E-state index contributed by atoms with van der Waals surface area (Å²) in [6.07, 6.45) is 18.3. The average molecular weight is 485 g/mol. The van der Waals surface area contributed by atoms with Crippen LogP contribution in [-0.2, 0) is 18.7 Å². The second kappa shape index (κ2) is 10.2. The number of hydrogen-bond donors (Lipinski definition) is 0. The average Bonchev–Trinajstić information content (AvgIpc) is 3.03. The maximum Gasteiger partial charge on any atom is 0.323 e. The molecule has 2 fully saturated rings. The van der Waals surface area contributed by atoms with E-state index in [0.29, 0.717) is 24.9 Å². The fourth-order valence-corrected chi connectivity index (χ4v) is 9.50. The van der Waals surface area contributed by atoms with Crippen LogP contribution in [0.15, 0.2) is 48.3 Å². The summed E-state index contributed by atoms with van der Waals surface area (Å²) in [6.45, 7) is 13.6. The van der Waals surface area contributed by atoms with Gasteiger partial charge in [-0.25, -0.2) is 0 Å². The van der Waals surface area contributed by atoms with Gasteiger partial charge < -0.3 is 13.9 Å². The van der Waals surface area contributed by atoms with Gasteiger partial charge in [0, 0.05) is 5.57 Å². The van der Waals surface area contributed by atoms with Gasteiger partial charge in [-0.3, -0.25) is 4.79 Å². The lowest BCUT2D eigenvalue weighted by Crippen LogP contribution is -2.56. The van der Waals surface area contributed by atoms with Crippen molar-refractivity contribution in [2.45, 2.75) is 96.6 Å². The highest BCUT2D eigenvalue weighted by Gasteiger charge is 2.70. The second-order valence-electron chi connectivity index (χ2n) is 10.6. The summed E-state index contributed by atoms with van der Waals surface area (Å²) in [5.41, 5.74) is 0.177. The van der Waals surface area contributed by atoms with Gasteiger partial charge in [0.1, 0.15) is 5.41 Å². The molecule has 1 spiro atoms. The lowest BCUT2D eigenvalue weighted by atomic mass is 9.62. The summed E-state index contributed by atoms with van der Waals surface area (Å²) < 4.78 is 19.8. The summed E-state index contributed by atoms with van der Waals surface area (Å²) in [7, 11) is -1.90. The van der Waals surface area contributed by atoms with Crippen molar-refractivity contribution < 1.29 is 18.7 Å². The van der Waals surface area contributed by atoms with Crippen LogP contribution in [0.5, 0.6) is 0 Å². The molecular formula is C29H44O4Si. The molecule has 4 nitrogen and oxygen atoms in total. The predicted molar refractivity (Wildman–Crippen MR) is 139 cm³/mol. The molecule has 5 atom stereocenters. The molecule has 2 saturated heterocycles. The van der Waals surface area contributed by atoms with Crippen LogP contribution >= 0.6 is 0 Å². The first-order valence-electron chi connectivity index (χ1n) is 13.7. The molecule has 2 aliphatic carbocycles. The molecule has 4 rings (SSSR count). The van der Waals surface area contributed by atoms with Crippen molar-refractivity contribution in [1.82, 2.24) is 0 Å². The molecule has 5 bridgehead atoms. The highest BCUT2D eigenvalue weighted by atomic mass is 28.4. The molecule has 0 aromatic carbocycles. The minimum Gasteiger partial charge on any atom is -0.546 e. The Morgan fingerprint density at radius 2 is 1.97 bits per heavy atom. The zero-order valence-electron chi connectivity index (χ0n) is 21.7. The third-order valence-electron chi connectivity index (χ3n) is 9.19. The van der Waals surface area contributed by atoms with Crippen LogP contribution < -0.4 is 0 Å². The fourth-order valence-electron chi connectivity index (χ4n) is 6.85. The third-order valence-corrected chi connectivity index (χ3v) is 13.7. The molecule has 0 radical (unpaired) electrons. The number of ether oxygens (including phenoxy) is 2. The Morgan fingerprint density at radius 3 is 2.65 bits per heavy atom. The molecule has 5 heteroatoms. The molecule has 4 aliphatic rings. The van der Waals surface area contributed by atoms with Gasteiger partial charge in [-0.1, -0.05) is 57.9 Å². The summed E-state index contributed by atoms with van der Waals surface area (Å²) in [6, 6.07) is 3.27. The van der Waals surface area contributed by atoms with Gasteiger partial charge in [-0.2, -0.15) is 0 Å². The van der Waals surface area contributed by atoms with Crippen LogP contribution in [0.1, 0.15) is 72.6 Å². The highest BCUT2D eigenvalue weighted by molar-refractivity contribution is 6.73. The third kappa shape index (κ3) is 3.97. The summed E-state index contributed by atoms with van der Waals surface area (Å²) in [5.74, 6) is 0.586. The van der Waals surface area contributed by atoms with Crippen LogP contribution in [0.4, 0.5) is 0 Å². The van der Waals surface area contributed by atoms with Gasteiger partial charge in [0.2, 0.25) is 14.1 Å². The molecule has 0 aromatic heterocycles. The van der Waals surface area contributed by atoms with E-state index in [9.17, 15) is 4.79 Å². The van der Waals surface area contributed by atoms with Gasteiger partial charge in [0.05, 0.1) is 18.3 Å². The normalized spacial score (nSPS) is 34.4. The first-order chi connectivity index (χ1) is 16.5.